The van der Waals surface area contributed by atoms with Crippen LogP contribution in [0, 0.1) is 0 Å². The van der Waals surface area contributed by atoms with Crippen LogP contribution >= 0.6 is 0 Å². The second-order valence-electron chi connectivity index (χ2n) is 7.32. The fourth-order valence-electron chi connectivity index (χ4n) is 2.77. The van der Waals surface area contributed by atoms with E-state index in [4.69, 9.17) is 0 Å². The molecule has 0 saturated carbocycles. The molecule has 3 N–H and O–H groups in total. The SMILES string of the molecule is CCNC(=NCCNC(C)(C)C)NC1CC(=O)N(c2ccccc2)C1. The zero-order valence-electron chi connectivity index (χ0n) is 15.8. The number of guanidine groups is 1. The van der Waals surface area contributed by atoms with Crippen molar-refractivity contribution in [3.63, 3.8) is 0 Å². The number of nitrogens with one attached hydrogen (secondary N) is 3. The summed E-state index contributed by atoms with van der Waals surface area (Å²) in [6.45, 7) is 11.4. The highest BCUT2D eigenvalue weighted by Gasteiger charge is 2.30. The molecule has 1 heterocycles. The highest BCUT2D eigenvalue weighted by Crippen LogP contribution is 2.20. The maximum absolute atomic E-state index is 12.3. The molecular formula is C19H31N5O. The van der Waals surface area contributed by atoms with Gasteiger partial charge in [0.2, 0.25) is 5.91 Å². The van der Waals surface area contributed by atoms with Crippen LogP contribution in [-0.4, -0.2) is 49.6 Å². The molecule has 0 bridgehead atoms. The van der Waals surface area contributed by atoms with Crippen molar-refractivity contribution in [1.29, 1.82) is 0 Å². The predicted octanol–water partition coefficient (Wildman–Crippen LogP) is 1.74. The third-order valence-electron chi connectivity index (χ3n) is 3.92. The van der Waals surface area contributed by atoms with E-state index in [1.165, 1.54) is 0 Å². The van der Waals surface area contributed by atoms with Gasteiger partial charge in [-0.2, -0.15) is 0 Å². The van der Waals surface area contributed by atoms with Crippen LogP contribution in [0.2, 0.25) is 0 Å². The van der Waals surface area contributed by atoms with Gasteiger partial charge in [-0.15, -0.1) is 0 Å². The molecule has 138 valence electrons. The zero-order chi connectivity index (χ0) is 18.3. The van der Waals surface area contributed by atoms with Crippen LogP contribution in [-0.2, 0) is 4.79 Å². The van der Waals surface area contributed by atoms with Crippen LogP contribution in [0.4, 0.5) is 5.69 Å². The highest BCUT2D eigenvalue weighted by atomic mass is 16.2. The first-order valence-corrected chi connectivity index (χ1v) is 9.04. The van der Waals surface area contributed by atoms with Crippen LogP contribution in [0.3, 0.4) is 0 Å². The first-order chi connectivity index (χ1) is 11.9. The smallest absolute Gasteiger partial charge is 0.229 e. The minimum Gasteiger partial charge on any atom is -0.357 e. The van der Waals surface area contributed by atoms with Crippen molar-refractivity contribution < 1.29 is 4.79 Å². The average molecular weight is 345 g/mol. The van der Waals surface area contributed by atoms with E-state index in [0.29, 0.717) is 19.5 Å². The second kappa shape index (κ2) is 8.85. The molecule has 1 saturated heterocycles. The number of carbonyl (C=O) groups is 1. The van der Waals surface area contributed by atoms with Crippen LogP contribution in [0.5, 0.6) is 0 Å². The third kappa shape index (κ3) is 6.38. The Labute approximate surface area is 151 Å². The second-order valence-corrected chi connectivity index (χ2v) is 7.32. The summed E-state index contributed by atoms with van der Waals surface area (Å²) in [5, 5.41) is 10.1. The summed E-state index contributed by atoms with van der Waals surface area (Å²) in [5.74, 6) is 0.917. The van der Waals surface area contributed by atoms with E-state index < -0.39 is 0 Å². The van der Waals surface area contributed by atoms with E-state index in [2.05, 4.69) is 41.7 Å². The molecule has 1 aliphatic heterocycles. The van der Waals surface area contributed by atoms with Crippen LogP contribution in [0.1, 0.15) is 34.1 Å². The van der Waals surface area contributed by atoms with Gasteiger partial charge in [0.25, 0.3) is 0 Å². The van der Waals surface area contributed by atoms with Crippen molar-refractivity contribution in [2.45, 2.75) is 45.7 Å². The molecule has 0 spiro atoms. The Hall–Kier alpha value is -2.08. The lowest BCUT2D eigenvalue weighted by molar-refractivity contribution is -0.117. The van der Waals surface area contributed by atoms with Crippen molar-refractivity contribution in [1.82, 2.24) is 16.0 Å². The molecular weight excluding hydrogens is 314 g/mol. The molecule has 1 aromatic rings. The number of rotatable bonds is 6. The third-order valence-corrected chi connectivity index (χ3v) is 3.92. The zero-order valence-corrected chi connectivity index (χ0v) is 15.8. The van der Waals surface area contributed by atoms with Crippen LogP contribution in [0.15, 0.2) is 35.3 Å². The Kier molecular flexibility index (Phi) is 6.82. The number of benzene rings is 1. The Balaban J connectivity index is 1.90. The number of hydrogen-bond acceptors (Lipinski definition) is 3. The van der Waals surface area contributed by atoms with E-state index in [1.807, 2.05) is 42.2 Å². The summed E-state index contributed by atoms with van der Waals surface area (Å²) in [4.78, 5) is 18.8. The van der Waals surface area contributed by atoms with Gasteiger partial charge in [0.1, 0.15) is 0 Å². The van der Waals surface area contributed by atoms with Crippen molar-refractivity contribution in [3.05, 3.63) is 30.3 Å². The summed E-state index contributed by atoms with van der Waals surface area (Å²) in [6.07, 6.45) is 0.486. The molecule has 25 heavy (non-hydrogen) atoms. The van der Waals surface area contributed by atoms with Crippen LogP contribution < -0.4 is 20.9 Å². The van der Waals surface area contributed by atoms with E-state index >= 15 is 0 Å². The topological polar surface area (TPSA) is 68.8 Å². The Morgan fingerprint density at radius 3 is 2.64 bits per heavy atom. The van der Waals surface area contributed by atoms with E-state index in [-0.39, 0.29) is 17.5 Å². The first-order valence-electron chi connectivity index (χ1n) is 9.04. The van der Waals surface area contributed by atoms with E-state index in [0.717, 1.165) is 24.7 Å². The molecule has 1 fully saturated rings. The van der Waals surface area contributed by atoms with Crippen molar-refractivity contribution in [3.8, 4) is 0 Å². The summed E-state index contributed by atoms with van der Waals surface area (Å²) in [7, 11) is 0. The lowest BCUT2D eigenvalue weighted by Crippen LogP contribution is -2.45. The first kappa shape index (κ1) is 19.2. The van der Waals surface area contributed by atoms with Gasteiger partial charge in [0.15, 0.2) is 5.96 Å². The maximum atomic E-state index is 12.3. The van der Waals surface area contributed by atoms with Gasteiger partial charge in [0.05, 0.1) is 12.6 Å². The van der Waals surface area contributed by atoms with Gasteiger partial charge in [0, 0.05) is 37.3 Å². The largest absolute Gasteiger partial charge is 0.357 e. The molecule has 0 aromatic heterocycles. The van der Waals surface area contributed by atoms with Gasteiger partial charge >= 0.3 is 0 Å². The molecule has 1 amide bonds. The number of nitrogens with zero attached hydrogens (tertiary/aromatic N) is 2. The van der Waals surface area contributed by atoms with Gasteiger partial charge < -0.3 is 20.9 Å². The lowest BCUT2D eigenvalue weighted by atomic mass is 10.1. The van der Waals surface area contributed by atoms with Gasteiger partial charge in [-0.3, -0.25) is 9.79 Å². The fraction of sp³-hybridized carbons (Fsp3) is 0.579. The molecule has 0 radical (unpaired) electrons. The Morgan fingerprint density at radius 2 is 2.00 bits per heavy atom. The average Bonchev–Trinajstić information content (AvgIpc) is 2.92. The molecule has 6 nitrogen and oxygen atoms in total. The maximum Gasteiger partial charge on any atom is 0.229 e. The number of aliphatic imine (C=N–C) groups is 1. The number of hydrogen-bond donors (Lipinski definition) is 3. The van der Waals surface area contributed by atoms with Crippen LogP contribution in [0.25, 0.3) is 0 Å². The quantitative estimate of drug-likeness (QED) is 0.417. The molecule has 1 unspecified atom stereocenters. The van der Waals surface area contributed by atoms with Crippen molar-refractivity contribution in [2.24, 2.45) is 4.99 Å². The van der Waals surface area contributed by atoms with E-state index in [1.54, 1.807) is 0 Å². The summed E-state index contributed by atoms with van der Waals surface area (Å²) in [5.41, 5.74) is 1.04. The molecule has 1 aromatic carbocycles. The highest BCUT2D eigenvalue weighted by molar-refractivity contribution is 5.97. The molecule has 0 aliphatic carbocycles. The molecule has 6 heteroatoms. The normalized spacial score (nSPS) is 18.6. The van der Waals surface area contributed by atoms with Gasteiger partial charge in [-0.1, -0.05) is 18.2 Å². The fourth-order valence-corrected chi connectivity index (χ4v) is 2.77. The lowest BCUT2D eigenvalue weighted by Gasteiger charge is -2.21. The number of amides is 1. The number of anilines is 1. The Bertz CT molecular complexity index is 579. The summed E-state index contributed by atoms with van der Waals surface area (Å²) >= 11 is 0. The summed E-state index contributed by atoms with van der Waals surface area (Å²) < 4.78 is 0. The minimum atomic E-state index is 0.0704. The van der Waals surface area contributed by atoms with Crippen molar-refractivity contribution in [2.75, 3.05) is 31.1 Å². The number of para-hydroxylation sites is 1. The summed E-state index contributed by atoms with van der Waals surface area (Å²) in [6, 6.07) is 9.88. The Morgan fingerprint density at radius 1 is 1.28 bits per heavy atom. The predicted molar refractivity (Wildman–Crippen MR) is 104 cm³/mol. The standard InChI is InChI=1S/C19H31N5O/c1-5-20-18(21-11-12-22-19(2,3)4)23-15-13-17(25)24(14-15)16-9-7-6-8-10-16/h6-10,15,22H,5,11-14H2,1-4H3,(H2,20,21,23). The minimum absolute atomic E-state index is 0.0704. The van der Waals surface area contributed by atoms with Gasteiger partial charge in [-0.05, 0) is 39.8 Å². The molecule has 2 rings (SSSR count). The number of carbonyl (C=O) groups excluding carboxylic acids is 1. The van der Waals surface area contributed by atoms with E-state index in [9.17, 15) is 4.79 Å². The van der Waals surface area contributed by atoms with Gasteiger partial charge in [-0.25, -0.2) is 0 Å². The van der Waals surface area contributed by atoms with Crippen molar-refractivity contribution >= 4 is 17.6 Å². The molecule has 1 atom stereocenters. The molecule has 1 aliphatic rings. The monoisotopic (exact) mass is 345 g/mol.